The minimum absolute atomic E-state index is 1.34. The molecule has 0 spiro atoms. The van der Waals surface area contributed by atoms with Crippen LogP contribution in [0.5, 0.6) is 0 Å². The van der Waals surface area contributed by atoms with E-state index in [9.17, 15) is 0 Å². The summed E-state index contributed by atoms with van der Waals surface area (Å²) in [4.78, 5) is 0. The van der Waals surface area contributed by atoms with Gasteiger partial charge in [0.15, 0.2) is 0 Å². The van der Waals surface area contributed by atoms with Crippen molar-refractivity contribution >= 4 is 17.2 Å². The van der Waals surface area contributed by atoms with Crippen LogP contribution in [0.15, 0.2) is 0 Å². The molecule has 0 fully saturated rings. The van der Waals surface area contributed by atoms with Gasteiger partial charge in [0.25, 0.3) is 0 Å². The van der Waals surface area contributed by atoms with E-state index in [1.165, 1.54) is 166 Å². The van der Waals surface area contributed by atoms with Gasteiger partial charge in [0, 0.05) is 0 Å². The Morgan fingerprint density at radius 3 is 0.719 bits per heavy atom. The topological polar surface area (TPSA) is 0 Å². The van der Waals surface area contributed by atoms with Crippen LogP contribution in [0.25, 0.3) is 0 Å². The van der Waals surface area contributed by atoms with Gasteiger partial charge in [0.1, 0.15) is 0 Å². The molecule has 0 radical (unpaired) electrons. The van der Waals surface area contributed by atoms with Crippen LogP contribution in [0, 0.1) is 0 Å². The molecule has 0 aromatic heterocycles. The predicted molar refractivity (Wildman–Crippen MR) is 157 cm³/mol. The summed E-state index contributed by atoms with van der Waals surface area (Å²) in [6, 6.07) is 0. The first-order chi connectivity index (χ1) is 15.5. The number of halogens is 1. The Labute approximate surface area is 210 Å². The molecule has 0 N–H and O–H groups in total. The fourth-order valence-corrected chi connectivity index (χ4v) is 12.3. The molecule has 32 heavy (non-hydrogen) atoms. The minimum atomic E-state index is -2.07. The Hall–Kier alpha value is 0.720. The second kappa shape index (κ2) is 22.2. The standard InChI is InChI=1S/C30H64ClP/c1-5-9-13-17-18-22-26-30-32(31,27-23-19-14-10-6-2,28-24-20-15-11-7-3)29-25-21-16-12-8-4/h5-30H2,1-4H3. The molecule has 0 aliphatic rings. The van der Waals surface area contributed by atoms with Gasteiger partial charge < -0.3 is 0 Å². The fraction of sp³-hybridized carbons (Fsp3) is 1.00. The van der Waals surface area contributed by atoms with E-state index in [0.717, 1.165) is 0 Å². The normalized spacial score (nSPS) is 13.3. The maximum atomic E-state index is 8.03. The number of hydrogen-bond donors (Lipinski definition) is 0. The zero-order valence-corrected chi connectivity index (χ0v) is 24.9. The third-order valence-corrected chi connectivity index (χ3v) is 15.5. The number of unbranched alkanes of at least 4 members (excludes halogenated alkanes) is 18. The van der Waals surface area contributed by atoms with E-state index in [1.807, 2.05) is 0 Å². The van der Waals surface area contributed by atoms with E-state index in [0.29, 0.717) is 0 Å². The SMILES string of the molecule is CCCCCCCCCP(Cl)(CCCCCCC)(CCCCCCC)CCCCCCC. The molecule has 0 atom stereocenters. The van der Waals surface area contributed by atoms with Crippen molar-refractivity contribution < 1.29 is 0 Å². The van der Waals surface area contributed by atoms with Crippen LogP contribution in [0.3, 0.4) is 0 Å². The molecule has 0 saturated carbocycles. The number of rotatable bonds is 26. The van der Waals surface area contributed by atoms with E-state index in [4.69, 9.17) is 11.2 Å². The fourth-order valence-electron chi connectivity index (χ4n) is 5.47. The van der Waals surface area contributed by atoms with E-state index in [-0.39, 0.29) is 0 Å². The van der Waals surface area contributed by atoms with E-state index in [1.54, 1.807) is 0 Å². The summed E-state index contributed by atoms with van der Waals surface area (Å²) < 4.78 is 0. The van der Waals surface area contributed by atoms with Crippen molar-refractivity contribution in [2.24, 2.45) is 0 Å². The Morgan fingerprint density at radius 1 is 0.312 bits per heavy atom. The van der Waals surface area contributed by atoms with E-state index >= 15 is 0 Å². The Balaban J connectivity index is 4.95. The van der Waals surface area contributed by atoms with Crippen LogP contribution < -0.4 is 0 Å². The monoisotopic (exact) mass is 490 g/mol. The zero-order valence-electron chi connectivity index (χ0n) is 23.2. The first-order valence-corrected chi connectivity index (χ1v) is 19.1. The van der Waals surface area contributed by atoms with Crippen molar-refractivity contribution in [3.05, 3.63) is 0 Å². The third kappa shape index (κ3) is 18.1. The molecule has 0 bridgehead atoms. The molecule has 0 nitrogen and oxygen atoms in total. The van der Waals surface area contributed by atoms with Gasteiger partial charge in [-0.25, -0.2) is 0 Å². The van der Waals surface area contributed by atoms with Crippen molar-refractivity contribution in [2.75, 3.05) is 24.6 Å². The van der Waals surface area contributed by atoms with Crippen LogP contribution in [0.1, 0.15) is 169 Å². The zero-order chi connectivity index (χ0) is 23.8. The van der Waals surface area contributed by atoms with Crippen LogP contribution in [0.2, 0.25) is 0 Å². The average Bonchev–Trinajstić information content (AvgIpc) is 2.78. The Morgan fingerprint density at radius 2 is 0.500 bits per heavy atom. The molecule has 0 saturated heterocycles. The van der Waals surface area contributed by atoms with Crippen molar-refractivity contribution in [2.45, 2.75) is 169 Å². The van der Waals surface area contributed by atoms with Gasteiger partial charge in [0.05, 0.1) is 0 Å². The van der Waals surface area contributed by atoms with Gasteiger partial charge >= 0.3 is 211 Å². The Bertz CT molecular complexity index is 342. The molecule has 0 aliphatic heterocycles. The molecule has 0 amide bonds. The summed E-state index contributed by atoms with van der Waals surface area (Å²) in [6.07, 6.45) is 36.5. The molecule has 0 heterocycles. The summed E-state index contributed by atoms with van der Waals surface area (Å²) in [5, 5.41) is 0. The third-order valence-electron chi connectivity index (χ3n) is 7.78. The van der Waals surface area contributed by atoms with Crippen molar-refractivity contribution in [1.82, 2.24) is 0 Å². The molecule has 0 aromatic carbocycles. The molecule has 0 aliphatic carbocycles. The average molecular weight is 491 g/mol. The first-order valence-electron chi connectivity index (χ1n) is 15.3. The van der Waals surface area contributed by atoms with Crippen LogP contribution >= 0.6 is 17.2 Å². The van der Waals surface area contributed by atoms with Gasteiger partial charge in [-0.15, -0.1) is 0 Å². The summed E-state index contributed by atoms with van der Waals surface area (Å²) in [6.45, 7) is 9.30. The Kier molecular flexibility index (Phi) is 22.7. The summed E-state index contributed by atoms with van der Waals surface area (Å²) in [5.41, 5.74) is 0. The predicted octanol–water partition coefficient (Wildman–Crippen LogP) is 12.4. The molecular weight excluding hydrogens is 427 g/mol. The van der Waals surface area contributed by atoms with Crippen LogP contribution in [0.4, 0.5) is 0 Å². The second-order valence-corrected chi connectivity index (χ2v) is 19.4. The van der Waals surface area contributed by atoms with Crippen molar-refractivity contribution in [3.8, 4) is 0 Å². The quantitative estimate of drug-likeness (QED) is 0.0834. The molecule has 0 aromatic rings. The molecule has 196 valence electrons. The van der Waals surface area contributed by atoms with Crippen LogP contribution in [-0.4, -0.2) is 24.6 Å². The van der Waals surface area contributed by atoms with Gasteiger partial charge in [0.2, 0.25) is 0 Å². The molecule has 0 rings (SSSR count). The van der Waals surface area contributed by atoms with Gasteiger partial charge in [-0.1, -0.05) is 0 Å². The summed E-state index contributed by atoms with van der Waals surface area (Å²) >= 11 is 8.03. The van der Waals surface area contributed by atoms with Crippen LogP contribution in [-0.2, 0) is 0 Å². The first kappa shape index (κ1) is 32.7. The summed E-state index contributed by atoms with van der Waals surface area (Å²) in [5.74, 6) is -2.07. The van der Waals surface area contributed by atoms with Crippen molar-refractivity contribution in [3.63, 3.8) is 0 Å². The van der Waals surface area contributed by atoms with E-state index in [2.05, 4.69) is 27.7 Å². The maximum absolute atomic E-state index is 8.03. The van der Waals surface area contributed by atoms with Gasteiger partial charge in [-0.3, -0.25) is 0 Å². The second-order valence-electron chi connectivity index (χ2n) is 11.1. The molecule has 2 heteroatoms. The van der Waals surface area contributed by atoms with Crippen molar-refractivity contribution in [1.29, 1.82) is 0 Å². The van der Waals surface area contributed by atoms with Gasteiger partial charge in [-0.2, -0.15) is 0 Å². The molecular formula is C30H64ClP. The summed E-state index contributed by atoms with van der Waals surface area (Å²) in [7, 11) is 0. The number of hydrogen-bond acceptors (Lipinski definition) is 0. The van der Waals surface area contributed by atoms with Gasteiger partial charge in [-0.05, 0) is 0 Å². The molecule has 0 unspecified atom stereocenters. The van der Waals surface area contributed by atoms with E-state index < -0.39 is 5.96 Å².